The maximum atomic E-state index is 4.38. The highest BCUT2D eigenvalue weighted by molar-refractivity contribution is 7.78. The van der Waals surface area contributed by atoms with Crippen molar-refractivity contribution < 1.29 is 0 Å². The molecular weight excluding hydrogens is 118 g/mol. The Bertz CT molecular complexity index is 84.5. The van der Waals surface area contributed by atoms with Gasteiger partial charge in [-0.3, -0.25) is 0 Å². The van der Waals surface area contributed by atoms with E-state index in [1.807, 2.05) is 0 Å². The number of rotatable bonds is 4. The van der Waals surface area contributed by atoms with Crippen molar-refractivity contribution in [2.24, 2.45) is 4.99 Å². The van der Waals surface area contributed by atoms with E-state index < -0.39 is 0 Å². The van der Waals surface area contributed by atoms with Crippen LogP contribution in [-0.2, 0) is 0 Å². The van der Waals surface area contributed by atoms with Gasteiger partial charge in [-0.15, -0.1) is 0 Å². The number of hydrogen-bond acceptors (Lipinski definition) is 2. The van der Waals surface area contributed by atoms with Gasteiger partial charge in [0.25, 0.3) is 0 Å². The van der Waals surface area contributed by atoms with Crippen molar-refractivity contribution in [1.29, 1.82) is 0 Å². The van der Waals surface area contributed by atoms with Crippen LogP contribution < -0.4 is 0 Å². The Kier molecular flexibility index (Phi) is 6.63. The number of nitrogens with zero attached hydrogens (tertiary/aromatic N) is 1. The van der Waals surface area contributed by atoms with Crippen molar-refractivity contribution in [3.8, 4) is 0 Å². The number of unbranched alkanes of at least 4 members (excludes halogenated alkanes) is 2. The molecule has 0 radical (unpaired) electrons. The van der Waals surface area contributed by atoms with Crippen LogP contribution >= 0.6 is 12.2 Å². The molecule has 0 saturated carbocycles. The lowest BCUT2D eigenvalue weighted by atomic mass is 10.3. The van der Waals surface area contributed by atoms with E-state index in [-0.39, 0.29) is 0 Å². The average molecular weight is 129 g/mol. The highest BCUT2D eigenvalue weighted by Crippen LogP contribution is 1.92. The van der Waals surface area contributed by atoms with E-state index in [0.717, 1.165) is 13.0 Å². The Morgan fingerprint density at radius 2 is 2.25 bits per heavy atom. The standard InChI is InChI=1S/C6H11NS/c1-2-3-4-5-7-6-8/h2-5H2,1H3. The predicted molar refractivity (Wildman–Crippen MR) is 39.4 cm³/mol. The van der Waals surface area contributed by atoms with E-state index in [9.17, 15) is 0 Å². The Labute approximate surface area is 55.8 Å². The Morgan fingerprint density at radius 1 is 1.50 bits per heavy atom. The molecule has 0 aromatic heterocycles. The molecule has 0 amide bonds. The van der Waals surface area contributed by atoms with Crippen molar-refractivity contribution >= 4 is 17.4 Å². The summed E-state index contributed by atoms with van der Waals surface area (Å²) in [6.07, 6.45) is 3.65. The topological polar surface area (TPSA) is 12.4 Å². The summed E-state index contributed by atoms with van der Waals surface area (Å²) in [7, 11) is 0. The number of hydrogen-bond donors (Lipinski definition) is 0. The summed E-state index contributed by atoms with van der Waals surface area (Å²) in [5, 5.41) is 2.33. The van der Waals surface area contributed by atoms with E-state index in [2.05, 4.69) is 29.3 Å². The smallest absolute Gasteiger partial charge is 0.0584 e. The molecule has 8 heavy (non-hydrogen) atoms. The molecule has 0 bridgehead atoms. The fourth-order valence-corrected chi connectivity index (χ4v) is 0.578. The van der Waals surface area contributed by atoms with Crippen LogP contribution in [-0.4, -0.2) is 11.7 Å². The van der Waals surface area contributed by atoms with Gasteiger partial charge < -0.3 is 0 Å². The number of isothiocyanates is 1. The summed E-state index contributed by atoms with van der Waals surface area (Å²) in [5.41, 5.74) is 0. The highest BCUT2D eigenvalue weighted by atomic mass is 32.1. The summed E-state index contributed by atoms with van der Waals surface area (Å²) in [6.45, 7) is 3.03. The lowest BCUT2D eigenvalue weighted by molar-refractivity contribution is 0.730. The van der Waals surface area contributed by atoms with Gasteiger partial charge in [-0.05, 0) is 18.6 Å². The zero-order valence-electron chi connectivity index (χ0n) is 5.18. The molecule has 0 heterocycles. The summed E-state index contributed by atoms with van der Waals surface area (Å²) in [4.78, 5) is 3.77. The van der Waals surface area contributed by atoms with Crippen LogP contribution in [0.4, 0.5) is 0 Å². The SMILES string of the molecule is CCCCCN=C=S. The van der Waals surface area contributed by atoms with Gasteiger partial charge in [-0.1, -0.05) is 19.8 Å². The molecule has 0 aliphatic carbocycles. The third-order valence-electron chi connectivity index (χ3n) is 0.938. The number of thiocarbonyl (C=S) groups is 1. The second-order valence-electron chi connectivity index (χ2n) is 1.68. The summed E-state index contributed by atoms with van der Waals surface area (Å²) in [5.74, 6) is 0. The lowest BCUT2D eigenvalue weighted by Crippen LogP contribution is -1.77. The van der Waals surface area contributed by atoms with E-state index in [1.54, 1.807) is 0 Å². The third kappa shape index (κ3) is 5.80. The zero-order chi connectivity index (χ0) is 6.24. The van der Waals surface area contributed by atoms with E-state index in [4.69, 9.17) is 0 Å². The molecule has 1 nitrogen and oxygen atoms in total. The molecule has 0 spiro atoms. The van der Waals surface area contributed by atoms with Crippen molar-refractivity contribution in [2.75, 3.05) is 6.54 Å². The molecule has 0 aromatic rings. The van der Waals surface area contributed by atoms with Crippen LogP contribution in [0.25, 0.3) is 0 Å². The molecule has 0 aromatic carbocycles. The molecule has 2 heteroatoms. The maximum Gasteiger partial charge on any atom is 0.0584 e. The van der Waals surface area contributed by atoms with Crippen molar-refractivity contribution in [2.45, 2.75) is 26.2 Å². The van der Waals surface area contributed by atoms with Crippen molar-refractivity contribution in [3.05, 3.63) is 0 Å². The van der Waals surface area contributed by atoms with Crippen LogP contribution in [0.2, 0.25) is 0 Å². The Balaban J connectivity index is 2.82. The predicted octanol–water partition coefficient (Wildman–Crippen LogP) is 2.28. The summed E-state index contributed by atoms with van der Waals surface area (Å²) in [6, 6.07) is 0. The molecule has 0 N–H and O–H groups in total. The molecular formula is C6H11NS. The quantitative estimate of drug-likeness (QED) is 0.322. The van der Waals surface area contributed by atoms with Crippen molar-refractivity contribution in [1.82, 2.24) is 0 Å². The molecule has 0 unspecified atom stereocenters. The molecule has 0 atom stereocenters. The first-order valence-corrected chi connectivity index (χ1v) is 3.36. The molecule has 0 saturated heterocycles. The minimum atomic E-state index is 0.858. The first kappa shape index (κ1) is 7.80. The van der Waals surface area contributed by atoms with Crippen LogP contribution in [0.5, 0.6) is 0 Å². The summed E-state index contributed by atoms with van der Waals surface area (Å²) >= 11 is 4.38. The van der Waals surface area contributed by atoms with Crippen LogP contribution in [0.1, 0.15) is 26.2 Å². The van der Waals surface area contributed by atoms with E-state index >= 15 is 0 Å². The fourth-order valence-electron chi connectivity index (χ4n) is 0.487. The normalized spacial score (nSPS) is 8.12. The van der Waals surface area contributed by atoms with Gasteiger partial charge >= 0.3 is 0 Å². The van der Waals surface area contributed by atoms with Gasteiger partial charge in [0.2, 0.25) is 0 Å². The minimum absolute atomic E-state index is 0.858. The van der Waals surface area contributed by atoms with Crippen molar-refractivity contribution in [3.63, 3.8) is 0 Å². The van der Waals surface area contributed by atoms with Crippen LogP contribution in [0.15, 0.2) is 4.99 Å². The van der Waals surface area contributed by atoms with Crippen LogP contribution in [0, 0.1) is 0 Å². The first-order valence-electron chi connectivity index (χ1n) is 2.95. The number of aliphatic imine (C=N–C) groups is 1. The monoisotopic (exact) mass is 129 g/mol. The zero-order valence-corrected chi connectivity index (χ0v) is 6.00. The molecule has 0 aliphatic rings. The molecule has 0 fully saturated rings. The van der Waals surface area contributed by atoms with Gasteiger partial charge in [0.05, 0.1) is 5.16 Å². The van der Waals surface area contributed by atoms with Gasteiger partial charge in [-0.25, -0.2) is 4.99 Å². The summed E-state index contributed by atoms with van der Waals surface area (Å²) < 4.78 is 0. The van der Waals surface area contributed by atoms with Gasteiger partial charge in [0.15, 0.2) is 0 Å². The van der Waals surface area contributed by atoms with E-state index in [1.165, 1.54) is 12.8 Å². The molecule has 0 rings (SSSR count). The molecule has 0 aliphatic heterocycles. The van der Waals surface area contributed by atoms with E-state index in [0.29, 0.717) is 0 Å². The Morgan fingerprint density at radius 3 is 2.75 bits per heavy atom. The highest BCUT2D eigenvalue weighted by Gasteiger charge is 1.79. The second-order valence-corrected chi connectivity index (χ2v) is 1.86. The third-order valence-corrected chi connectivity index (χ3v) is 1.07. The van der Waals surface area contributed by atoms with Crippen LogP contribution in [0.3, 0.4) is 0 Å². The lowest BCUT2D eigenvalue weighted by Gasteiger charge is -1.87. The van der Waals surface area contributed by atoms with Gasteiger partial charge in [-0.2, -0.15) is 0 Å². The second kappa shape index (κ2) is 6.80. The Hall–Kier alpha value is -0.200. The van der Waals surface area contributed by atoms with Gasteiger partial charge in [0.1, 0.15) is 0 Å². The largest absolute Gasteiger partial charge is 0.233 e. The molecule has 46 valence electrons. The maximum absolute atomic E-state index is 4.38. The fraction of sp³-hybridized carbons (Fsp3) is 0.833. The van der Waals surface area contributed by atoms with Gasteiger partial charge in [0, 0.05) is 6.54 Å². The average Bonchev–Trinajstić information content (AvgIpc) is 1.81. The first-order chi connectivity index (χ1) is 3.91. The minimum Gasteiger partial charge on any atom is -0.233 e.